The van der Waals surface area contributed by atoms with Crippen molar-refractivity contribution in [2.24, 2.45) is 10.8 Å². The molecule has 0 saturated carbocycles. The number of hydrogen-bond donors (Lipinski definition) is 2. The summed E-state index contributed by atoms with van der Waals surface area (Å²) in [6.07, 6.45) is 7.31. The first-order valence-electron chi connectivity index (χ1n) is 4.22. The van der Waals surface area contributed by atoms with Gasteiger partial charge in [-0.25, -0.2) is 4.68 Å². The second-order valence-electron chi connectivity index (χ2n) is 2.75. The second kappa shape index (κ2) is 3.69. The van der Waals surface area contributed by atoms with Crippen LogP contribution in [0.25, 0.3) is 0 Å². The highest BCUT2D eigenvalue weighted by molar-refractivity contribution is 5.85. The summed E-state index contributed by atoms with van der Waals surface area (Å²) in [5.41, 5.74) is 8.54. The lowest BCUT2D eigenvalue weighted by Crippen LogP contribution is -2.30. The van der Waals surface area contributed by atoms with Crippen molar-refractivity contribution in [2.45, 2.75) is 0 Å². The topological polar surface area (TPSA) is 60.3 Å². The van der Waals surface area contributed by atoms with E-state index < -0.39 is 0 Å². The third-order valence-electron chi connectivity index (χ3n) is 1.66. The molecule has 2 heterocycles. The van der Waals surface area contributed by atoms with Crippen molar-refractivity contribution in [1.29, 1.82) is 0 Å². The lowest BCUT2D eigenvalue weighted by molar-refractivity contribution is 0.868. The van der Waals surface area contributed by atoms with E-state index in [1.165, 1.54) is 0 Å². The van der Waals surface area contributed by atoms with Gasteiger partial charge in [0.25, 0.3) is 0 Å². The molecule has 0 unspecified atom stereocenters. The summed E-state index contributed by atoms with van der Waals surface area (Å²) >= 11 is 0. The summed E-state index contributed by atoms with van der Waals surface area (Å²) in [5.74, 6) is 0.331. The first kappa shape index (κ1) is 8.43. The van der Waals surface area contributed by atoms with E-state index in [9.17, 15) is 0 Å². The van der Waals surface area contributed by atoms with E-state index >= 15 is 0 Å². The van der Waals surface area contributed by atoms with Crippen LogP contribution in [0.5, 0.6) is 0 Å². The van der Waals surface area contributed by atoms with Gasteiger partial charge in [-0.1, -0.05) is 0 Å². The number of hydrogen-bond acceptors (Lipinski definition) is 1. The van der Waals surface area contributed by atoms with Crippen LogP contribution >= 0.6 is 0 Å². The van der Waals surface area contributed by atoms with Crippen LogP contribution in [0.3, 0.4) is 0 Å². The van der Waals surface area contributed by atoms with Gasteiger partial charge in [-0.2, -0.15) is 0 Å². The zero-order chi connectivity index (χ0) is 9.80. The molecule has 0 aliphatic carbocycles. The molecule has 0 amide bonds. The van der Waals surface area contributed by atoms with E-state index in [1.54, 1.807) is 9.35 Å². The highest BCUT2D eigenvalue weighted by Crippen LogP contribution is 1.89. The normalized spacial score (nSPS) is 11.6. The Kier molecular flexibility index (Phi) is 2.22. The zero-order valence-corrected chi connectivity index (χ0v) is 7.54. The minimum absolute atomic E-state index is 0.331. The molecule has 2 aromatic rings. The number of aromatic nitrogens is 2. The molecule has 5 heteroatoms. The Morgan fingerprint density at radius 2 is 1.57 bits per heavy atom. The van der Waals surface area contributed by atoms with Crippen molar-refractivity contribution < 1.29 is 0 Å². The summed E-state index contributed by atoms with van der Waals surface area (Å²) in [7, 11) is 0. The fourth-order valence-electron chi connectivity index (χ4n) is 1.08. The second-order valence-corrected chi connectivity index (χ2v) is 2.75. The molecule has 2 aromatic heterocycles. The predicted molar refractivity (Wildman–Crippen MR) is 55.2 cm³/mol. The van der Waals surface area contributed by atoms with Crippen LogP contribution in [0.2, 0.25) is 0 Å². The molecule has 0 fully saturated rings. The summed E-state index contributed by atoms with van der Waals surface area (Å²) < 4.78 is 3.36. The van der Waals surface area contributed by atoms with Crippen LogP contribution in [-0.4, -0.2) is 15.3 Å². The van der Waals surface area contributed by atoms with E-state index in [4.69, 9.17) is 5.73 Å². The Bertz CT molecular complexity index is 398. The molecule has 0 aliphatic rings. The number of nitrogens with one attached hydrogen (secondary N) is 1. The zero-order valence-electron chi connectivity index (χ0n) is 7.54. The number of nitrogens with two attached hydrogens (primary N) is 1. The van der Waals surface area contributed by atoms with Crippen molar-refractivity contribution in [3.8, 4) is 0 Å². The molecule has 0 saturated heterocycles. The Labute approximate surface area is 81.4 Å². The van der Waals surface area contributed by atoms with Crippen molar-refractivity contribution in [3.63, 3.8) is 0 Å². The van der Waals surface area contributed by atoms with Crippen LogP contribution in [0.15, 0.2) is 54.2 Å². The molecule has 0 spiro atoms. The highest BCUT2D eigenvalue weighted by Gasteiger charge is 1.91. The van der Waals surface area contributed by atoms with Gasteiger partial charge in [0.05, 0.1) is 0 Å². The van der Waals surface area contributed by atoms with Crippen LogP contribution in [0, 0.1) is 0 Å². The van der Waals surface area contributed by atoms with Gasteiger partial charge >= 0.3 is 0 Å². The average molecular weight is 189 g/mol. The molecule has 0 atom stereocenters. The molecule has 0 radical (unpaired) electrons. The fourth-order valence-corrected chi connectivity index (χ4v) is 1.08. The molecule has 0 bridgehead atoms. The minimum Gasteiger partial charge on any atom is -0.367 e. The van der Waals surface area contributed by atoms with Gasteiger partial charge in [0.1, 0.15) is 0 Å². The van der Waals surface area contributed by atoms with E-state index in [-0.39, 0.29) is 0 Å². The summed E-state index contributed by atoms with van der Waals surface area (Å²) in [6.45, 7) is 0. The Morgan fingerprint density at radius 3 is 2.21 bits per heavy atom. The number of rotatable bonds is 2. The molecule has 2 rings (SSSR count). The van der Waals surface area contributed by atoms with E-state index in [0.717, 1.165) is 0 Å². The van der Waals surface area contributed by atoms with Crippen LogP contribution in [0.1, 0.15) is 0 Å². The van der Waals surface area contributed by atoms with Crippen LogP contribution in [0.4, 0.5) is 0 Å². The maximum absolute atomic E-state index is 5.65. The van der Waals surface area contributed by atoms with Crippen molar-refractivity contribution in [2.75, 3.05) is 5.43 Å². The van der Waals surface area contributed by atoms with Crippen molar-refractivity contribution >= 4 is 5.96 Å². The molecule has 0 aromatic carbocycles. The van der Waals surface area contributed by atoms with Gasteiger partial charge in [-0.3, -0.25) is 10.1 Å². The lowest BCUT2D eigenvalue weighted by Gasteiger charge is -2.05. The monoisotopic (exact) mass is 189 g/mol. The fraction of sp³-hybridized carbons (Fsp3) is 0. The smallest absolute Gasteiger partial charge is 0.231 e. The first-order valence-corrected chi connectivity index (χ1v) is 4.22. The van der Waals surface area contributed by atoms with E-state index in [2.05, 4.69) is 10.5 Å². The maximum atomic E-state index is 5.65. The lowest BCUT2D eigenvalue weighted by atomic mass is 10.7. The van der Waals surface area contributed by atoms with Crippen molar-refractivity contribution in [1.82, 2.24) is 9.35 Å². The molecular formula is C9H11N5. The van der Waals surface area contributed by atoms with Crippen molar-refractivity contribution in [3.05, 3.63) is 49.1 Å². The Balaban J connectivity index is 2.06. The predicted octanol–water partition coefficient (Wildman–Crippen LogP) is 0.611. The third-order valence-corrected chi connectivity index (χ3v) is 1.66. The van der Waals surface area contributed by atoms with Gasteiger partial charge in [-0.15, -0.1) is 5.10 Å². The SMILES string of the molecule is N/C(=N\n1cccc1)Nn1cccc1. The summed E-state index contributed by atoms with van der Waals surface area (Å²) in [4.78, 5) is 0. The molecule has 0 aliphatic heterocycles. The first-order chi connectivity index (χ1) is 6.84. The van der Waals surface area contributed by atoms with Gasteiger partial charge in [0.15, 0.2) is 0 Å². The average Bonchev–Trinajstić information content (AvgIpc) is 2.76. The standard InChI is InChI=1S/C9H11N5/c10-9(11-13-5-1-2-6-13)12-14-7-3-4-8-14/h1-8H,(H3,10,11,12). The highest BCUT2D eigenvalue weighted by atomic mass is 15.5. The molecule has 5 nitrogen and oxygen atoms in total. The largest absolute Gasteiger partial charge is 0.367 e. The molecule has 3 N–H and O–H groups in total. The quantitative estimate of drug-likeness (QED) is 0.537. The summed E-state index contributed by atoms with van der Waals surface area (Å²) in [5, 5.41) is 4.07. The number of guanidine groups is 1. The van der Waals surface area contributed by atoms with Gasteiger partial charge in [0.2, 0.25) is 5.96 Å². The van der Waals surface area contributed by atoms with E-state index in [1.807, 2.05) is 49.1 Å². The molecule has 72 valence electrons. The number of nitrogens with zero attached hydrogens (tertiary/aromatic N) is 3. The third kappa shape index (κ3) is 1.95. The maximum Gasteiger partial charge on any atom is 0.231 e. The Morgan fingerprint density at radius 1 is 1.00 bits per heavy atom. The van der Waals surface area contributed by atoms with E-state index in [0.29, 0.717) is 5.96 Å². The van der Waals surface area contributed by atoms with Gasteiger partial charge < -0.3 is 5.73 Å². The molecule has 14 heavy (non-hydrogen) atoms. The van der Waals surface area contributed by atoms with Gasteiger partial charge in [0, 0.05) is 24.8 Å². The van der Waals surface area contributed by atoms with Gasteiger partial charge in [-0.05, 0) is 24.3 Å². The minimum atomic E-state index is 0.331. The van der Waals surface area contributed by atoms with Crippen LogP contribution < -0.4 is 11.2 Å². The Hall–Kier alpha value is -2.17. The summed E-state index contributed by atoms with van der Waals surface area (Å²) in [6, 6.07) is 7.56. The van der Waals surface area contributed by atoms with Crippen LogP contribution in [-0.2, 0) is 0 Å². The molecular weight excluding hydrogens is 178 g/mol.